The van der Waals surface area contributed by atoms with Gasteiger partial charge in [0.25, 0.3) is 0 Å². The molecule has 1 aromatic rings. The Labute approximate surface area is 80.7 Å². The molecule has 2 rings (SSSR count). The van der Waals surface area contributed by atoms with Crippen LogP contribution in [0.25, 0.3) is 0 Å². The Balaban J connectivity index is 2.29. The summed E-state index contributed by atoms with van der Waals surface area (Å²) in [5.41, 5.74) is 0. The van der Waals surface area contributed by atoms with Gasteiger partial charge in [-0.2, -0.15) is 0 Å². The van der Waals surface area contributed by atoms with Crippen LogP contribution in [-0.4, -0.2) is 15.2 Å². The fourth-order valence-corrected chi connectivity index (χ4v) is 4.98. The summed E-state index contributed by atoms with van der Waals surface area (Å²) in [6.45, 7) is 2.48. The molecule has 0 radical (unpaired) electrons. The summed E-state index contributed by atoms with van der Waals surface area (Å²) < 4.78 is 5.24. The molecule has 0 N–H and O–H groups in total. The van der Waals surface area contributed by atoms with Gasteiger partial charge in [-0.1, -0.05) is 42.4 Å². The van der Waals surface area contributed by atoms with Gasteiger partial charge in [0, 0.05) is 0 Å². The highest BCUT2D eigenvalue weighted by Crippen LogP contribution is 2.32. The first-order valence-corrected chi connectivity index (χ1v) is 7.81. The second kappa shape index (κ2) is 3.18. The van der Waals surface area contributed by atoms with Crippen molar-refractivity contribution in [2.24, 2.45) is 0 Å². The molecule has 13 heavy (non-hydrogen) atoms. The van der Waals surface area contributed by atoms with Gasteiger partial charge in [-0.15, -0.1) is 0 Å². The van der Waals surface area contributed by atoms with Crippen molar-refractivity contribution < 1.29 is 4.74 Å². The third kappa shape index (κ3) is 1.51. The summed E-state index contributed by atoms with van der Waals surface area (Å²) in [6, 6.07) is 11.6. The quantitative estimate of drug-likeness (QED) is 0.654. The zero-order valence-corrected chi connectivity index (χ0v) is 9.34. The molecular weight excluding hydrogens is 176 g/mol. The van der Waals surface area contributed by atoms with Crippen molar-refractivity contribution in [3.63, 3.8) is 0 Å². The second-order valence-electron chi connectivity index (χ2n) is 4.15. The van der Waals surface area contributed by atoms with E-state index in [1.807, 2.05) is 6.07 Å². The summed E-state index contributed by atoms with van der Waals surface area (Å²) in [6.07, 6.45) is 1.43. The monoisotopic (exact) mass is 192 g/mol. The Morgan fingerprint density at radius 1 is 1.31 bits per heavy atom. The first kappa shape index (κ1) is 8.82. The minimum Gasteiger partial charge on any atom is -0.497 e. The van der Waals surface area contributed by atoms with Crippen LogP contribution in [0.15, 0.2) is 24.3 Å². The van der Waals surface area contributed by atoms with E-state index in [0.717, 1.165) is 5.75 Å². The molecule has 0 amide bonds. The molecule has 1 saturated heterocycles. The minimum absolute atomic E-state index is 1.00. The summed E-state index contributed by atoms with van der Waals surface area (Å²) in [4.78, 5) is 0. The lowest BCUT2D eigenvalue weighted by atomic mass is 10.3. The Hall–Kier alpha value is -0.763. The van der Waals surface area contributed by atoms with Crippen molar-refractivity contribution in [2.45, 2.75) is 25.1 Å². The minimum atomic E-state index is -1.00. The number of rotatable bonds is 2. The number of ether oxygens (including phenoxy) is 1. The van der Waals surface area contributed by atoms with Crippen molar-refractivity contribution in [1.29, 1.82) is 0 Å². The lowest BCUT2D eigenvalue weighted by molar-refractivity contribution is 0.415. The van der Waals surface area contributed by atoms with Gasteiger partial charge in [-0.05, 0) is 12.1 Å². The van der Waals surface area contributed by atoms with E-state index in [9.17, 15) is 0 Å². The molecule has 0 unspecified atom stereocenters. The Kier molecular flexibility index (Phi) is 2.16. The first-order valence-electron chi connectivity index (χ1n) is 4.89. The molecule has 1 aliphatic heterocycles. The average molecular weight is 192 g/mol. The topological polar surface area (TPSA) is 9.23 Å². The van der Waals surface area contributed by atoms with E-state index >= 15 is 0 Å². The van der Waals surface area contributed by atoms with Gasteiger partial charge in [-0.3, -0.25) is 0 Å². The van der Waals surface area contributed by atoms with Crippen LogP contribution in [0, 0.1) is 0 Å². The van der Waals surface area contributed by atoms with Crippen LogP contribution in [0.1, 0.15) is 6.42 Å². The predicted octanol–water partition coefficient (Wildman–Crippen LogP) is 2.38. The number of benzene rings is 1. The molecular formula is C11H16OSi. The summed E-state index contributed by atoms with van der Waals surface area (Å²) in [7, 11) is 0.739. The van der Waals surface area contributed by atoms with Gasteiger partial charge < -0.3 is 4.74 Å². The van der Waals surface area contributed by atoms with Gasteiger partial charge in [-0.25, -0.2) is 0 Å². The van der Waals surface area contributed by atoms with Gasteiger partial charge in [0.15, 0.2) is 0 Å². The third-order valence-corrected chi connectivity index (χ3v) is 7.84. The Morgan fingerprint density at radius 3 is 2.62 bits per heavy atom. The van der Waals surface area contributed by atoms with E-state index in [2.05, 4.69) is 24.7 Å². The molecule has 70 valence electrons. The van der Waals surface area contributed by atoms with Crippen LogP contribution in [0.2, 0.25) is 18.6 Å². The normalized spacial score (nSPS) is 19.2. The first-order chi connectivity index (χ1) is 6.24. The smallest absolute Gasteiger partial charge is 0.118 e. The van der Waals surface area contributed by atoms with Crippen molar-refractivity contribution in [1.82, 2.24) is 0 Å². The fourth-order valence-electron chi connectivity index (χ4n) is 1.99. The molecule has 2 heteroatoms. The van der Waals surface area contributed by atoms with Gasteiger partial charge in [0.05, 0.1) is 15.2 Å². The predicted molar refractivity (Wildman–Crippen MR) is 58.5 cm³/mol. The number of hydrogen-bond donors (Lipinski definition) is 0. The lowest BCUT2D eigenvalue weighted by Gasteiger charge is -2.36. The summed E-state index contributed by atoms with van der Waals surface area (Å²) in [5.74, 6) is 1.01. The Bertz CT molecular complexity index is 305. The van der Waals surface area contributed by atoms with Crippen LogP contribution in [0.4, 0.5) is 0 Å². The maximum atomic E-state index is 5.24. The molecule has 0 saturated carbocycles. The van der Waals surface area contributed by atoms with Crippen molar-refractivity contribution in [2.75, 3.05) is 7.11 Å². The SMILES string of the molecule is COc1cccc([Si]2(C)CCC2)c1. The molecule has 0 bridgehead atoms. The zero-order valence-electron chi connectivity index (χ0n) is 8.34. The van der Waals surface area contributed by atoms with E-state index in [-0.39, 0.29) is 0 Å². The van der Waals surface area contributed by atoms with E-state index < -0.39 is 8.07 Å². The molecule has 0 aliphatic carbocycles. The maximum absolute atomic E-state index is 5.24. The van der Waals surface area contributed by atoms with Gasteiger partial charge in [0.2, 0.25) is 0 Å². The molecule has 0 atom stereocenters. The van der Waals surface area contributed by atoms with Gasteiger partial charge >= 0.3 is 0 Å². The van der Waals surface area contributed by atoms with Crippen LogP contribution in [-0.2, 0) is 0 Å². The molecule has 1 aliphatic rings. The van der Waals surface area contributed by atoms with Crippen LogP contribution in [0.3, 0.4) is 0 Å². The Morgan fingerprint density at radius 2 is 2.08 bits per heavy atom. The fraction of sp³-hybridized carbons (Fsp3) is 0.455. The molecule has 0 spiro atoms. The van der Waals surface area contributed by atoms with Crippen molar-refractivity contribution in [3.8, 4) is 5.75 Å². The van der Waals surface area contributed by atoms with E-state index in [4.69, 9.17) is 4.74 Å². The summed E-state index contributed by atoms with van der Waals surface area (Å²) in [5, 5.41) is 1.57. The van der Waals surface area contributed by atoms with E-state index in [1.165, 1.54) is 18.5 Å². The summed E-state index contributed by atoms with van der Waals surface area (Å²) >= 11 is 0. The van der Waals surface area contributed by atoms with Crippen LogP contribution < -0.4 is 9.92 Å². The number of hydrogen-bond acceptors (Lipinski definition) is 1. The maximum Gasteiger partial charge on any atom is 0.118 e. The second-order valence-corrected chi connectivity index (χ2v) is 8.84. The molecule has 1 aromatic carbocycles. The zero-order chi connectivity index (χ0) is 9.31. The van der Waals surface area contributed by atoms with Crippen molar-refractivity contribution in [3.05, 3.63) is 24.3 Å². The lowest BCUT2D eigenvalue weighted by Crippen LogP contribution is -2.50. The highest BCUT2D eigenvalue weighted by atomic mass is 28.3. The number of methoxy groups -OCH3 is 1. The van der Waals surface area contributed by atoms with E-state index in [1.54, 1.807) is 12.3 Å². The van der Waals surface area contributed by atoms with E-state index in [0.29, 0.717) is 0 Å². The largest absolute Gasteiger partial charge is 0.497 e. The van der Waals surface area contributed by atoms with Crippen molar-refractivity contribution >= 4 is 13.3 Å². The van der Waals surface area contributed by atoms with Crippen LogP contribution >= 0.6 is 0 Å². The molecule has 1 heterocycles. The molecule has 1 nitrogen and oxygen atoms in total. The standard InChI is InChI=1S/C11H16OSi/c1-12-10-5-3-6-11(9-10)13(2)7-4-8-13/h3,5-6,9H,4,7-8H2,1-2H3. The average Bonchev–Trinajstić information content (AvgIpc) is 2.14. The molecule has 0 aromatic heterocycles. The van der Waals surface area contributed by atoms with Crippen LogP contribution in [0.5, 0.6) is 5.75 Å². The third-order valence-electron chi connectivity index (χ3n) is 3.22. The van der Waals surface area contributed by atoms with Gasteiger partial charge in [0.1, 0.15) is 5.75 Å². The molecule has 1 fully saturated rings. The highest BCUT2D eigenvalue weighted by molar-refractivity contribution is 6.92. The highest BCUT2D eigenvalue weighted by Gasteiger charge is 2.35.